The Balaban J connectivity index is 1.70. The van der Waals surface area contributed by atoms with Crippen LogP contribution in [0.25, 0.3) is 0 Å². The highest BCUT2D eigenvalue weighted by Crippen LogP contribution is 2.19. The number of nitrogens with one attached hydrogen (secondary N) is 2. The lowest BCUT2D eigenvalue weighted by atomic mass is 10.1. The molecule has 2 aromatic carbocycles. The molecule has 2 aromatic rings. The maximum Gasteiger partial charge on any atom is 0.238 e. The molecular formula is C17H17F3N2O. The van der Waals surface area contributed by atoms with Crippen molar-refractivity contribution in [3.63, 3.8) is 0 Å². The fraction of sp³-hybridized carbons (Fsp3) is 0.235. The van der Waals surface area contributed by atoms with Crippen molar-refractivity contribution in [2.45, 2.75) is 12.8 Å². The minimum Gasteiger partial charge on any atom is -0.322 e. The summed E-state index contributed by atoms with van der Waals surface area (Å²) in [6.07, 6.45) is 1.73. The van der Waals surface area contributed by atoms with Gasteiger partial charge in [-0.3, -0.25) is 4.79 Å². The van der Waals surface area contributed by atoms with Crippen molar-refractivity contribution < 1.29 is 18.0 Å². The lowest BCUT2D eigenvalue weighted by Crippen LogP contribution is -2.29. The quantitative estimate of drug-likeness (QED) is 0.607. The second-order valence-corrected chi connectivity index (χ2v) is 5.04. The third-order valence-electron chi connectivity index (χ3n) is 3.26. The predicted octanol–water partition coefficient (Wildman–Crippen LogP) is 3.26. The largest absolute Gasteiger partial charge is 0.322 e. The van der Waals surface area contributed by atoms with Crippen LogP contribution in [0, 0.1) is 17.5 Å². The van der Waals surface area contributed by atoms with Crippen molar-refractivity contribution >= 4 is 11.6 Å². The van der Waals surface area contributed by atoms with Crippen molar-refractivity contribution in [1.29, 1.82) is 0 Å². The normalized spacial score (nSPS) is 10.6. The second-order valence-electron chi connectivity index (χ2n) is 5.04. The first-order valence-electron chi connectivity index (χ1n) is 7.26. The molecule has 0 fully saturated rings. The molecule has 6 heteroatoms. The Kier molecular flexibility index (Phi) is 6.17. The minimum atomic E-state index is -1.60. The van der Waals surface area contributed by atoms with E-state index in [2.05, 4.69) is 10.6 Å². The molecule has 0 aliphatic heterocycles. The fourth-order valence-corrected chi connectivity index (χ4v) is 2.08. The van der Waals surface area contributed by atoms with E-state index in [4.69, 9.17) is 0 Å². The lowest BCUT2D eigenvalue weighted by molar-refractivity contribution is -0.115. The summed E-state index contributed by atoms with van der Waals surface area (Å²) in [6.45, 7) is 0.579. The third-order valence-corrected chi connectivity index (χ3v) is 3.26. The maximum absolute atomic E-state index is 13.4. The van der Waals surface area contributed by atoms with E-state index in [9.17, 15) is 18.0 Å². The molecule has 0 saturated heterocycles. The number of halogens is 3. The molecule has 2 rings (SSSR count). The van der Waals surface area contributed by atoms with Crippen molar-refractivity contribution in [2.24, 2.45) is 0 Å². The van der Waals surface area contributed by atoms with Gasteiger partial charge in [0.25, 0.3) is 0 Å². The molecule has 0 saturated carbocycles. The first kappa shape index (κ1) is 17.0. The molecule has 0 aliphatic rings. The zero-order chi connectivity index (χ0) is 16.7. The molecule has 0 radical (unpaired) electrons. The molecular weight excluding hydrogens is 305 g/mol. The molecule has 122 valence electrons. The summed E-state index contributed by atoms with van der Waals surface area (Å²) in [5.74, 6) is -4.81. The molecule has 1 amide bonds. The van der Waals surface area contributed by atoms with Gasteiger partial charge in [-0.05, 0) is 37.1 Å². The zero-order valence-electron chi connectivity index (χ0n) is 12.4. The maximum atomic E-state index is 13.4. The van der Waals surface area contributed by atoms with E-state index in [0.29, 0.717) is 6.54 Å². The Morgan fingerprint density at radius 1 is 0.957 bits per heavy atom. The number of amides is 1. The molecule has 0 bridgehead atoms. The SMILES string of the molecule is O=C(CNCCCc1ccccc1)Nc1ccc(F)c(F)c1F. The van der Waals surface area contributed by atoms with Gasteiger partial charge in [0.05, 0.1) is 12.2 Å². The van der Waals surface area contributed by atoms with Gasteiger partial charge in [0.2, 0.25) is 5.91 Å². The molecule has 0 spiro atoms. The van der Waals surface area contributed by atoms with Crippen LogP contribution in [0.3, 0.4) is 0 Å². The van der Waals surface area contributed by atoms with Crippen LogP contribution >= 0.6 is 0 Å². The smallest absolute Gasteiger partial charge is 0.238 e. The molecule has 23 heavy (non-hydrogen) atoms. The number of rotatable bonds is 7. The lowest BCUT2D eigenvalue weighted by Gasteiger charge is -2.08. The Morgan fingerprint density at radius 3 is 2.43 bits per heavy atom. The van der Waals surface area contributed by atoms with Gasteiger partial charge >= 0.3 is 0 Å². The Hall–Kier alpha value is -2.34. The van der Waals surface area contributed by atoms with E-state index < -0.39 is 23.4 Å². The van der Waals surface area contributed by atoms with Gasteiger partial charge in [-0.2, -0.15) is 0 Å². The van der Waals surface area contributed by atoms with Crippen LogP contribution in [-0.2, 0) is 11.2 Å². The Morgan fingerprint density at radius 2 is 1.70 bits per heavy atom. The van der Waals surface area contributed by atoms with Crippen molar-refractivity contribution in [3.8, 4) is 0 Å². The van der Waals surface area contributed by atoms with Gasteiger partial charge in [-0.25, -0.2) is 13.2 Å². The van der Waals surface area contributed by atoms with E-state index in [0.717, 1.165) is 25.0 Å². The topological polar surface area (TPSA) is 41.1 Å². The number of hydrogen-bond donors (Lipinski definition) is 2. The van der Waals surface area contributed by atoms with Gasteiger partial charge in [0.1, 0.15) is 0 Å². The van der Waals surface area contributed by atoms with E-state index in [1.54, 1.807) is 0 Å². The standard InChI is InChI=1S/C17H17F3N2O/c18-13-8-9-14(17(20)16(13)19)22-15(23)11-21-10-4-7-12-5-2-1-3-6-12/h1-3,5-6,8-9,21H,4,7,10-11H2,(H,22,23). The van der Waals surface area contributed by atoms with Crippen LogP contribution in [-0.4, -0.2) is 19.0 Å². The molecule has 3 nitrogen and oxygen atoms in total. The third kappa shape index (κ3) is 5.10. The molecule has 0 aliphatic carbocycles. The van der Waals surface area contributed by atoms with Crippen LogP contribution < -0.4 is 10.6 Å². The highest BCUT2D eigenvalue weighted by Gasteiger charge is 2.14. The van der Waals surface area contributed by atoms with Crippen LogP contribution in [0.2, 0.25) is 0 Å². The number of carbonyl (C=O) groups excluding carboxylic acids is 1. The summed E-state index contributed by atoms with van der Waals surface area (Å²) in [6, 6.07) is 11.7. The Labute approximate surface area is 132 Å². The first-order valence-corrected chi connectivity index (χ1v) is 7.26. The van der Waals surface area contributed by atoms with E-state index in [-0.39, 0.29) is 12.2 Å². The molecule has 2 N–H and O–H groups in total. The average Bonchev–Trinajstić information content (AvgIpc) is 2.56. The fourth-order valence-electron chi connectivity index (χ4n) is 2.08. The van der Waals surface area contributed by atoms with Gasteiger partial charge < -0.3 is 10.6 Å². The van der Waals surface area contributed by atoms with Gasteiger partial charge in [-0.15, -0.1) is 0 Å². The summed E-state index contributed by atoms with van der Waals surface area (Å²) in [5, 5.41) is 5.12. The van der Waals surface area contributed by atoms with Gasteiger partial charge in [-0.1, -0.05) is 30.3 Å². The number of aryl methyl sites for hydroxylation is 1. The van der Waals surface area contributed by atoms with Crippen LogP contribution in [0.5, 0.6) is 0 Å². The summed E-state index contributed by atoms with van der Waals surface area (Å²) < 4.78 is 39.2. The summed E-state index contributed by atoms with van der Waals surface area (Å²) >= 11 is 0. The average molecular weight is 322 g/mol. The summed E-state index contributed by atoms with van der Waals surface area (Å²) in [7, 11) is 0. The van der Waals surface area contributed by atoms with E-state index in [1.807, 2.05) is 30.3 Å². The highest BCUT2D eigenvalue weighted by molar-refractivity contribution is 5.92. The van der Waals surface area contributed by atoms with E-state index >= 15 is 0 Å². The summed E-state index contributed by atoms with van der Waals surface area (Å²) in [4.78, 5) is 11.6. The van der Waals surface area contributed by atoms with Gasteiger partial charge in [0.15, 0.2) is 17.5 Å². The van der Waals surface area contributed by atoms with Crippen molar-refractivity contribution in [2.75, 3.05) is 18.4 Å². The van der Waals surface area contributed by atoms with Crippen LogP contribution in [0.4, 0.5) is 18.9 Å². The Bertz CT molecular complexity index is 662. The first-order chi connectivity index (χ1) is 11.1. The predicted molar refractivity (Wildman–Crippen MR) is 82.6 cm³/mol. The highest BCUT2D eigenvalue weighted by atomic mass is 19.2. The zero-order valence-corrected chi connectivity index (χ0v) is 12.4. The number of benzene rings is 2. The molecule has 0 atom stereocenters. The van der Waals surface area contributed by atoms with Gasteiger partial charge in [0, 0.05) is 0 Å². The second kappa shape index (κ2) is 8.33. The summed E-state index contributed by atoms with van der Waals surface area (Å²) in [5.41, 5.74) is 0.836. The van der Waals surface area contributed by atoms with E-state index in [1.165, 1.54) is 5.56 Å². The molecule has 0 heterocycles. The number of carbonyl (C=O) groups is 1. The van der Waals surface area contributed by atoms with Crippen LogP contribution in [0.15, 0.2) is 42.5 Å². The van der Waals surface area contributed by atoms with Crippen molar-refractivity contribution in [3.05, 3.63) is 65.5 Å². The van der Waals surface area contributed by atoms with Crippen LogP contribution in [0.1, 0.15) is 12.0 Å². The number of hydrogen-bond acceptors (Lipinski definition) is 2. The molecule has 0 aromatic heterocycles. The molecule has 0 unspecified atom stereocenters. The number of anilines is 1. The monoisotopic (exact) mass is 322 g/mol. The van der Waals surface area contributed by atoms with Crippen molar-refractivity contribution in [1.82, 2.24) is 5.32 Å². The minimum absolute atomic E-state index is 0.0345.